The second kappa shape index (κ2) is 21.0. The number of aliphatic hydroxyl groups excluding tert-OH is 4. The first-order valence-electron chi connectivity index (χ1n) is 17.8. The molecule has 1 aliphatic heterocycles. The molecule has 0 radical (unpaired) electrons. The predicted molar refractivity (Wildman–Crippen MR) is 189 cm³/mol. The molecule has 0 aliphatic carbocycles. The van der Waals surface area contributed by atoms with Gasteiger partial charge in [0.25, 0.3) is 0 Å². The van der Waals surface area contributed by atoms with Crippen LogP contribution in [0.15, 0.2) is 34.9 Å². The minimum atomic E-state index is -1.67. The fourth-order valence-electron chi connectivity index (χ4n) is 6.00. The maximum absolute atomic E-state index is 12.2. The summed E-state index contributed by atoms with van der Waals surface area (Å²) < 4.78 is 17.3. The molecule has 4 unspecified atom stereocenters. The number of carbonyl (C=O) groups is 1. The second-order valence-electron chi connectivity index (χ2n) is 15.4. The highest BCUT2D eigenvalue weighted by atomic mass is 16.7. The molecule has 0 aromatic heterocycles. The maximum atomic E-state index is 12.2. The topological polar surface area (TPSA) is 186 Å². The molecule has 1 heterocycles. The summed E-state index contributed by atoms with van der Waals surface area (Å²) in [5, 5.41) is 74.3. The van der Waals surface area contributed by atoms with Gasteiger partial charge in [0, 0.05) is 6.92 Å². The smallest absolute Gasteiger partial charge is 0.303 e. The van der Waals surface area contributed by atoms with Crippen molar-refractivity contribution in [1.29, 1.82) is 0 Å². The van der Waals surface area contributed by atoms with Crippen LogP contribution < -0.4 is 0 Å². The van der Waals surface area contributed by atoms with E-state index >= 15 is 0 Å². The fourth-order valence-corrected chi connectivity index (χ4v) is 6.00. The Morgan fingerprint density at radius 3 is 1.78 bits per heavy atom. The van der Waals surface area contributed by atoms with E-state index in [0.29, 0.717) is 25.7 Å². The van der Waals surface area contributed by atoms with Crippen molar-refractivity contribution >= 4 is 5.97 Å². The Bertz CT molecular complexity index is 1070. The van der Waals surface area contributed by atoms with Crippen molar-refractivity contribution in [3.63, 3.8) is 0 Å². The highest BCUT2D eigenvalue weighted by molar-refractivity contribution is 5.66. The van der Waals surface area contributed by atoms with Gasteiger partial charge in [-0.2, -0.15) is 0 Å². The number of rotatable bonds is 22. The Morgan fingerprint density at radius 1 is 0.735 bits per heavy atom. The molecule has 286 valence electrons. The fraction of sp³-hybridized carbons (Fsp3) is 0.816. The average Bonchev–Trinajstić information content (AvgIpc) is 2.97. The Hall–Kier alpha value is -1.67. The average molecular weight is 701 g/mol. The van der Waals surface area contributed by atoms with E-state index in [1.807, 2.05) is 19.9 Å². The molecule has 0 aromatic carbocycles. The zero-order chi connectivity index (χ0) is 37.6. The van der Waals surface area contributed by atoms with E-state index in [0.717, 1.165) is 31.3 Å². The Kier molecular flexibility index (Phi) is 19.4. The first-order chi connectivity index (χ1) is 22.6. The quantitative estimate of drug-likeness (QED) is 0.0622. The third-order valence-corrected chi connectivity index (χ3v) is 9.27. The van der Waals surface area contributed by atoms with Crippen molar-refractivity contribution in [2.24, 2.45) is 0 Å². The largest absolute Gasteiger partial charge is 0.460 e. The molecule has 0 saturated carbocycles. The van der Waals surface area contributed by atoms with Crippen LogP contribution in [0.3, 0.4) is 0 Å². The Morgan fingerprint density at radius 2 is 1.27 bits per heavy atom. The van der Waals surface area contributed by atoms with Gasteiger partial charge in [-0.3, -0.25) is 4.79 Å². The highest BCUT2D eigenvalue weighted by Gasteiger charge is 2.47. The molecule has 49 heavy (non-hydrogen) atoms. The van der Waals surface area contributed by atoms with Crippen molar-refractivity contribution < 1.29 is 54.8 Å². The van der Waals surface area contributed by atoms with Crippen LogP contribution in [-0.4, -0.2) is 108 Å². The van der Waals surface area contributed by atoms with E-state index in [2.05, 4.69) is 26.0 Å². The van der Waals surface area contributed by atoms with E-state index in [1.54, 1.807) is 27.7 Å². The van der Waals surface area contributed by atoms with Gasteiger partial charge in [-0.05, 0) is 126 Å². The lowest BCUT2D eigenvalue weighted by Crippen LogP contribution is -2.60. The molecule has 0 aromatic rings. The van der Waals surface area contributed by atoms with Crippen LogP contribution in [0.2, 0.25) is 0 Å². The van der Waals surface area contributed by atoms with E-state index in [-0.39, 0.29) is 19.3 Å². The minimum Gasteiger partial charge on any atom is -0.460 e. The van der Waals surface area contributed by atoms with Gasteiger partial charge in [0.15, 0.2) is 6.29 Å². The lowest BCUT2D eigenvalue weighted by molar-refractivity contribution is -0.324. The van der Waals surface area contributed by atoms with E-state index in [9.17, 15) is 40.5 Å². The van der Waals surface area contributed by atoms with Crippen LogP contribution in [0, 0.1) is 0 Å². The van der Waals surface area contributed by atoms with Gasteiger partial charge >= 0.3 is 5.97 Å². The number of hydrogen-bond donors (Lipinski definition) is 7. The summed E-state index contributed by atoms with van der Waals surface area (Å²) in [6.07, 6.45) is 2.61. The molecule has 0 amide bonds. The second-order valence-corrected chi connectivity index (χ2v) is 15.4. The lowest BCUT2D eigenvalue weighted by Gasteiger charge is -2.43. The molecule has 1 aliphatic rings. The number of hydrogen-bond acceptors (Lipinski definition) is 11. The van der Waals surface area contributed by atoms with Crippen LogP contribution in [0.4, 0.5) is 0 Å². The Balaban J connectivity index is 3.17. The van der Waals surface area contributed by atoms with Crippen LogP contribution in [0.25, 0.3) is 0 Å². The molecule has 11 heteroatoms. The summed E-state index contributed by atoms with van der Waals surface area (Å²) in [4.78, 5) is 12.2. The SMILES string of the molecule is CC(=O)OC(CCC(O[C@@H]1O[C@H](CO)[C@@H](O)[C@H](O)[C@@H]1O)C(C)(O)CC/C=C(\C)CCC=C(C)C)C(C)(O)CC/C=C(\C)CCCC(C)(C)O. The standard InChI is InChI=1S/C38H68O11/c1-25(2)14-10-15-26(3)17-12-23-38(9,46)31(49-35-34(43)33(42)32(41)29(24-39)48-35)20-19-30(47-28(5)40)37(8,45)22-13-18-27(4)16-11-21-36(6,7)44/h14,17-18,29-35,39,41-46H,10-13,15-16,19-24H2,1-9H3/b26-17+,27-18+/t29-,30?,31?,32-,33+,34+,35+,37?,38?/m1/s1. The van der Waals surface area contributed by atoms with Crippen molar-refractivity contribution in [1.82, 2.24) is 0 Å². The molecule has 1 rings (SSSR count). The first kappa shape index (κ1) is 45.4. The van der Waals surface area contributed by atoms with Gasteiger partial charge in [-0.25, -0.2) is 0 Å². The zero-order valence-corrected chi connectivity index (χ0v) is 31.5. The molecule has 0 bridgehead atoms. The molecule has 9 atom stereocenters. The van der Waals surface area contributed by atoms with Crippen LogP contribution >= 0.6 is 0 Å². The number of ether oxygens (including phenoxy) is 3. The molecule has 0 spiro atoms. The third-order valence-electron chi connectivity index (χ3n) is 9.27. The van der Waals surface area contributed by atoms with Gasteiger partial charge in [0.2, 0.25) is 0 Å². The monoisotopic (exact) mass is 700 g/mol. The Labute approximate surface area is 294 Å². The van der Waals surface area contributed by atoms with Gasteiger partial charge in [0.1, 0.15) is 30.5 Å². The van der Waals surface area contributed by atoms with Gasteiger partial charge < -0.3 is 50.0 Å². The normalized spacial score (nSPS) is 26.0. The van der Waals surface area contributed by atoms with E-state index in [1.165, 1.54) is 18.1 Å². The number of allylic oxidation sites excluding steroid dienone is 6. The first-order valence-corrected chi connectivity index (χ1v) is 17.8. The van der Waals surface area contributed by atoms with Crippen LogP contribution in [0.5, 0.6) is 0 Å². The van der Waals surface area contributed by atoms with Crippen molar-refractivity contribution in [3.8, 4) is 0 Å². The van der Waals surface area contributed by atoms with Crippen molar-refractivity contribution in [2.45, 2.75) is 193 Å². The molecular formula is C38H68O11. The van der Waals surface area contributed by atoms with E-state index < -0.39 is 72.3 Å². The zero-order valence-electron chi connectivity index (χ0n) is 31.5. The summed E-state index contributed by atoms with van der Waals surface area (Å²) in [5.74, 6) is -0.574. The minimum absolute atomic E-state index is 0.0746. The van der Waals surface area contributed by atoms with Gasteiger partial charge in [-0.1, -0.05) is 34.9 Å². The molecule has 7 N–H and O–H groups in total. The van der Waals surface area contributed by atoms with Crippen molar-refractivity contribution in [3.05, 3.63) is 34.9 Å². The number of carbonyl (C=O) groups excluding carboxylic acids is 1. The van der Waals surface area contributed by atoms with Gasteiger partial charge in [-0.15, -0.1) is 0 Å². The molecule has 1 fully saturated rings. The summed E-state index contributed by atoms with van der Waals surface area (Å²) in [6, 6.07) is 0. The summed E-state index contributed by atoms with van der Waals surface area (Å²) in [7, 11) is 0. The van der Waals surface area contributed by atoms with Crippen LogP contribution in [-0.2, 0) is 19.0 Å². The summed E-state index contributed by atoms with van der Waals surface area (Å²) in [5.41, 5.74) is -0.0933. The lowest BCUT2D eigenvalue weighted by atomic mass is 9.85. The maximum Gasteiger partial charge on any atom is 0.303 e. The van der Waals surface area contributed by atoms with Crippen molar-refractivity contribution in [2.75, 3.05) is 6.61 Å². The van der Waals surface area contributed by atoms with Gasteiger partial charge in [0.05, 0.1) is 29.5 Å². The summed E-state index contributed by atoms with van der Waals surface area (Å²) >= 11 is 0. The molecule has 1 saturated heterocycles. The highest BCUT2D eigenvalue weighted by Crippen LogP contribution is 2.33. The molecular weight excluding hydrogens is 632 g/mol. The predicted octanol–water partition coefficient (Wildman–Crippen LogP) is 4.53. The summed E-state index contributed by atoms with van der Waals surface area (Å²) in [6.45, 7) is 15.5. The number of aliphatic hydroxyl groups is 7. The number of esters is 1. The molecule has 11 nitrogen and oxygen atoms in total. The van der Waals surface area contributed by atoms with Crippen LogP contribution in [0.1, 0.15) is 133 Å². The third kappa shape index (κ3) is 17.4. The van der Waals surface area contributed by atoms with E-state index in [4.69, 9.17) is 14.2 Å².